The molecule has 2 aromatic carbocycles. The maximum atomic E-state index is 11.8. The van der Waals surface area contributed by atoms with E-state index in [0.29, 0.717) is 22.7 Å². The zero-order chi connectivity index (χ0) is 14.7. The van der Waals surface area contributed by atoms with Crippen molar-refractivity contribution in [2.24, 2.45) is 0 Å². The average Bonchev–Trinajstić information content (AvgIpc) is 2.42. The molecule has 0 aliphatic rings. The third-order valence-electron chi connectivity index (χ3n) is 2.85. The van der Waals surface area contributed by atoms with Crippen molar-refractivity contribution in [3.63, 3.8) is 0 Å². The number of rotatable bonds is 3. The molecule has 0 fully saturated rings. The van der Waals surface area contributed by atoms with Crippen LogP contribution in [0.3, 0.4) is 0 Å². The van der Waals surface area contributed by atoms with Gasteiger partial charge < -0.3 is 15.8 Å². The second kappa shape index (κ2) is 5.96. The van der Waals surface area contributed by atoms with Crippen LogP contribution in [0.15, 0.2) is 40.9 Å². The van der Waals surface area contributed by atoms with E-state index < -0.39 is 0 Å². The second-order valence-electron chi connectivity index (χ2n) is 4.35. The van der Waals surface area contributed by atoms with Crippen LogP contribution in [-0.2, 0) is 0 Å². The van der Waals surface area contributed by atoms with E-state index in [9.17, 15) is 4.79 Å². The van der Waals surface area contributed by atoms with E-state index in [1.165, 1.54) is 0 Å². The smallest absolute Gasteiger partial charge is 0.254 e. The van der Waals surface area contributed by atoms with Crippen LogP contribution in [0, 0.1) is 6.92 Å². The first kappa shape index (κ1) is 14.4. The molecule has 2 rings (SSSR count). The lowest BCUT2D eigenvalue weighted by atomic mass is 10.1. The molecule has 104 valence electrons. The highest BCUT2D eigenvalue weighted by atomic mass is 79.9. The molecule has 20 heavy (non-hydrogen) atoms. The van der Waals surface area contributed by atoms with E-state index in [1.54, 1.807) is 25.2 Å². The number of hydrogen-bond acceptors (Lipinski definition) is 3. The molecule has 0 spiro atoms. The zero-order valence-electron chi connectivity index (χ0n) is 11.2. The van der Waals surface area contributed by atoms with Gasteiger partial charge in [0.1, 0.15) is 11.5 Å². The number of carbonyl (C=O) groups excluding carboxylic acids is 1. The van der Waals surface area contributed by atoms with Gasteiger partial charge in [-0.1, -0.05) is 22.0 Å². The summed E-state index contributed by atoms with van der Waals surface area (Å²) in [5.74, 6) is 0.897. The van der Waals surface area contributed by atoms with Crippen LogP contribution in [0.25, 0.3) is 0 Å². The molecule has 1 amide bonds. The summed E-state index contributed by atoms with van der Waals surface area (Å²) in [6, 6.07) is 10.7. The molecule has 0 aromatic heterocycles. The maximum absolute atomic E-state index is 11.8. The largest absolute Gasteiger partial charge is 0.456 e. The van der Waals surface area contributed by atoms with Crippen molar-refractivity contribution in [1.82, 2.24) is 5.32 Å². The van der Waals surface area contributed by atoms with Crippen LogP contribution in [0.5, 0.6) is 11.5 Å². The number of anilines is 1. The lowest BCUT2D eigenvalue weighted by molar-refractivity contribution is 0.0961. The van der Waals surface area contributed by atoms with Crippen molar-refractivity contribution in [3.05, 3.63) is 52.0 Å². The molecule has 0 heterocycles. The van der Waals surface area contributed by atoms with Crippen LogP contribution in [0.2, 0.25) is 0 Å². The van der Waals surface area contributed by atoms with Gasteiger partial charge in [-0.2, -0.15) is 0 Å². The molecular weight excluding hydrogens is 320 g/mol. The van der Waals surface area contributed by atoms with Gasteiger partial charge in [0.25, 0.3) is 5.91 Å². The lowest BCUT2D eigenvalue weighted by Gasteiger charge is -2.13. The third kappa shape index (κ3) is 3.11. The summed E-state index contributed by atoms with van der Waals surface area (Å²) < 4.78 is 6.76. The highest BCUT2D eigenvalue weighted by Gasteiger charge is 2.13. The van der Waals surface area contributed by atoms with Crippen LogP contribution in [-0.4, -0.2) is 13.0 Å². The standard InChI is InChI=1S/C15H15BrN2O2/c1-9-3-4-10(16)7-13(9)20-14-8-11(17)5-6-12(14)15(19)18-2/h3-8H,17H2,1-2H3,(H,18,19). The monoisotopic (exact) mass is 334 g/mol. The summed E-state index contributed by atoms with van der Waals surface area (Å²) in [6.45, 7) is 1.94. The first-order chi connectivity index (χ1) is 9.51. The van der Waals surface area contributed by atoms with E-state index in [4.69, 9.17) is 10.5 Å². The molecule has 3 N–H and O–H groups in total. The lowest BCUT2D eigenvalue weighted by Crippen LogP contribution is -2.18. The summed E-state index contributed by atoms with van der Waals surface area (Å²) in [7, 11) is 1.58. The number of carbonyl (C=O) groups is 1. The SMILES string of the molecule is CNC(=O)c1ccc(N)cc1Oc1cc(Br)ccc1C. The first-order valence-electron chi connectivity index (χ1n) is 6.07. The zero-order valence-corrected chi connectivity index (χ0v) is 12.8. The Labute approximate surface area is 126 Å². The Morgan fingerprint density at radius 2 is 1.95 bits per heavy atom. The third-order valence-corrected chi connectivity index (χ3v) is 3.34. The number of halogens is 1. The fraction of sp³-hybridized carbons (Fsp3) is 0.133. The number of nitrogens with one attached hydrogen (secondary N) is 1. The van der Waals surface area contributed by atoms with Crippen molar-refractivity contribution in [2.75, 3.05) is 12.8 Å². The Morgan fingerprint density at radius 3 is 2.65 bits per heavy atom. The fourth-order valence-corrected chi connectivity index (χ4v) is 2.09. The summed E-state index contributed by atoms with van der Waals surface area (Å²) in [4.78, 5) is 11.8. The van der Waals surface area contributed by atoms with Crippen molar-refractivity contribution < 1.29 is 9.53 Å². The molecule has 0 atom stereocenters. The Morgan fingerprint density at radius 1 is 1.20 bits per heavy atom. The number of ether oxygens (including phenoxy) is 1. The maximum Gasteiger partial charge on any atom is 0.254 e. The van der Waals surface area contributed by atoms with Crippen LogP contribution in [0.1, 0.15) is 15.9 Å². The Kier molecular flexibility index (Phi) is 4.29. The highest BCUT2D eigenvalue weighted by molar-refractivity contribution is 9.10. The van der Waals surface area contributed by atoms with Gasteiger partial charge in [0.2, 0.25) is 0 Å². The van der Waals surface area contributed by atoms with E-state index in [-0.39, 0.29) is 5.91 Å². The van der Waals surface area contributed by atoms with E-state index in [2.05, 4.69) is 21.2 Å². The summed E-state index contributed by atoms with van der Waals surface area (Å²) >= 11 is 3.40. The van der Waals surface area contributed by atoms with Gasteiger partial charge in [-0.3, -0.25) is 4.79 Å². The Bertz CT molecular complexity index is 656. The van der Waals surface area contributed by atoms with Gasteiger partial charge in [0.05, 0.1) is 5.56 Å². The molecule has 2 aromatic rings. The van der Waals surface area contributed by atoms with Gasteiger partial charge in [-0.05, 0) is 36.8 Å². The minimum Gasteiger partial charge on any atom is -0.456 e. The number of nitrogens with two attached hydrogens (primary N) is 1. The topological polar surface area (TPSA) is 64.4 Å². The van der Waals surface area contributed by atoms with E-state index in [0.717, 1.165) is 10.0 Å². The van der Waals surface area contributed by atoms with Crippen molar-refractivity contribution in [3.8, 4) is 11.5 Å². The number of aryl methyl sites for hydroxylation is 1. The molecule has 0 unspecified atom stereocenters. The predicted molar refractivity (Wildman–Crippen MR) is 83.2 cm³/mol. The van der Waals surface area contributed by atoms with Crippen molar-refractivity contribution in [2.45, 2.75) is 6.92 Å². The van der Waals surface area contributed by atoms with Crippen LogP contribution in [0.4, 0.5) is 5.69 Å². The van der Waals surface area contributed by atoms with Crippen molar-refractivity contribution >= 4 is 27.5 Å². The van der Waals surface area contributed by atoms with Gasteiger partial charge >= 0.3 is 0 Å². The molecule has 0 aliphatic carbocycles. The average molecular weight is 335 g/mol. The summed E-state index contributed by atoms with van der Waals surface area (Å²) in [6.07, 6.45) is 0. The normalized spacial score (nSPS) is 10.2. The molecule has 5 heteroatoms. The molecule has 0 aliphatic heterocycles. The molecule has 0 saturated carbocycles. The van der Waals surface area contributed by atoms with Gasteiger partial charge in [-0.25, -0.2) is 0 Å². The van der Waals surface area contributed by atoms with Gasteiger partial charge in [0, 0.05) is 23.3 Å². The molecule has 4 nitrogen and oxygen atoms in total. The fourth-order valence-electron chi connectivity index (χ4n) is 1.75. The quantitative estimate of drug-likeness (QED) is 0.844. The predicted octanol–water partition coefficient (Wildman–Crippen LogP) is 3.49. The molecule has 0 saturated heterocycles. The first-order valence-corrected chi connectivity index (χ1v) is 6.86. The van der Waals surface area contributed by atoms with Crippen LogP contribution < -0.4 is 15.8 Å². The summed E-state index contributed by atoms with van der Waals surface area (Å²) in [5.41, 5.74) is 7.73. The number of hydrogen-bond donors (Lipinski definition) is 2. The molecule has 0 radical (unpaired) electrons. The van der Waals surface area contributed by atoms with E-state index >= 15 is 0 Å². The minimum absolute atomic E-state index is 0.215. The Balaban J connectivity index is 2.44. The minimum atomic E-state index is -0.215. The van der Waals surface area contributed by atoms with Crippen molar-refractivity contribution in [1.29, 1.82) is 0 Å². The van der Waals surface area contributed by atoms with Crippen LogP contribution >= 0.6 is 15.9 Å². The van der Waals surface area contributed by atoms with Gasteiger partial charge in [0.15, 0.2) is 0 Å². The number of nitrogen functional groups attached to an aromatic ring is 1. The molecular formula is C15H15BrN2O2. The number of benzene rings is 2. The van der Waals surface area contributed by atoms with E-state index in [1.807, 2.05) is 25.1 Å². The number of amides is 1. The Hall–Kier alpha value is -2.01. The highest BCUT2D eigenvalue weighted by Crippen LogP contribution is 2.31. The second-order valence-corrected chi connectivity index (χ2v) is 5.26. The molecule has 0 bridgehead atoms. The van der Waals surface area contributed by atoms with Gasteiger partial charge in [-0.15, -0.1) is 0 Å². The summed E-state index contributed by atoms with van der Waals surface area (Å²) in [5, 5.41) is 2.58.